The maximum absolute atomic E-state index is 12.3. The molecule has 3 aromatic rings. The number of likely N-dealkylation sites (N-methyl/N-ethyl adjacent to an activating group) is 1. The standard InChI is InChI=1S/C26H32N8O2/c1-6-10-23(35)33(4)18(2)25(36)28-14-9-7-8-11-19-16-29-26(32-24(19)27-3)31-21-12-13-22-20(15-21)17-30-34(22)5/h6,10,12-13,15-18H,7,9,14H2,1-5H3,(H,28,36)(H2,27,29,31,32)/b10-6+. The van der Waals surface area contributed by atoms with E-state index in [1.807, 2.05) is 36.1 Å². The van der Waals surface area contributed by atoms with Crippen molar-refractivity contribution in [1.82, 2.24) is 30.0 Å². The summed E-state index contributed by atoms with van der Waals surface area (Å²) in [5, 5.41) is 14.4. The number of allylic oxidation sites excluding steroid dienone is 1. The molecule has 2 aromatic heterocycles. The average Bonchev–Trinajstić information content (AvgIpc) is 3.25. The zero-order valence-corrected chi connectivity index (χ0v) is 21.3. The Morgan fingerprint density at radius 2 is 2.08 bits per heavy atom. The highest BCUT2D eigenvalue weighted by Crippen LogP contribution is 2.21. The van der Waals surface area contributed by atoms with Gasteiger partial charge in [-0.2, -0.15) is 10.1 Å². The molecule has 0 aliphatic rings. The van der Waals surface area contributed by atoms with E-state index in [1.165, 1.54) is 11.0 Å². The lowest BCUT2D eigenvalue weighted by Gasteiger charge is -2.22. The van der Waals surface area contributed by atoms with E-state index in [0.717, 1.165) is 16.6 Å². The van der Waals surface area contributed by atoms with Gasteiger partial charge in [0.25, 0.3) is 0 Å². The lowest BCUT2D eigenvalue weighted by molar-refractivity contribution is -0.135. The van der Waals surface area contributed by atoms with Gasteiger partial charge in [0.05, 0.1) is 23.5 Å². The first-order chi connectivity index (χ1) is 17.3. The molecule has 3 N–H and O–H groups in total. The zero-order valence-electron chi connectivity index (χ0n) is 21.3. The maximum atomic E-state index is 12.3. The van der Waals surface area contributed by atoms with Crippen molar-refractivity contribution in [2.75, 3.05) is 31.3 Å². The molecule has 1 atom stereocenters. The summed E-state index contributed by atoms with van der Waals surface area (Å²) in [4.78, 5) is 34.4. The number of carbonyl (C=O) groups is 2. The van der Waals surface area contributed by atoms with Gasteiger partial charge in [0.1, 0.15) is 11.9 Å². The van der Waals surface area contributed by atoms with Crippen LogP contribution >= 0.6 is 0 Å². The second-order valence-corrected chi connectivity index (χ2v) is 8.19. The van der Waals surface area contributed by atoms with E-state index in [1.54, 1.807) is 40.2 Å². The molecular formula is C26H32N8O2. The third kappa shape index (κ3) is 6.60. The molecule has 0 bridgehead atoms. The number of unbranched alkanes of at least 4 members (excludes halogenated alkanes) is 1. The number of rotatable bonds is 9. The van der Waals surface area contributed by atoms with Crippen LogP contribution in [0.25, 0.3) is 10.9 Å². The summed E-state index contributed by atoms with van der Waals surface area (Å²) >= 11 is 0. The topological polar surface area (TPSA) is 117 Å². The van der Waals surface area contributed by atoms with Crippen molar-refractivity contribution in [3.63, 3.8) is 0 Å². The number of carbonyl (C=O) groups excluding carboxylic acids is 2. The van der Waals surface area contributed by atoms with Gasteiger partial charge in [-0.15, -0.1) is 0 Å². The molecule has 10 nitrogen and oxygen atoms in total. The highest BCUT2D eigenvalue weighted by molar-refractivity contribution is 5.92. The number of aryl methyl sites for hydroxylation is 1. The van der Waals surface area contributed by atoms with E-state index in [9.17, 15) is 9.59 Å². The summed E-state index contributed by atoms with van der Waals surface area (Å²) in [6, 6.07) is 5.40. The fourth-order valence-electron chi connectivity index (χ4n) is 3.42. The molecule has 188 valence electrons. The van der Waals surface area contributed by atoms with E-state index in [2.05, 4.69) is 42.9 Å². The predicted octanol–water partition coefficient (Wildman–Crippen LogP) is 2.82. The molecule has 0 saturated carbocycles. The first-order valence-electron chi connectivity index (χ1n) is 11.7. The lowest BCUT2D eigenvalue weighted by Crippen LogP contribution is -2.45. The maximum Gasteiger partial charge on any atom is 0.246 e. The fourth-order valence-corrected chi connectivity index (χ4v) is 3.42. The molecule has 2 amide bonds. The number of aromatic nitrogens is 4. The molecule has 0 saturated heterocycles. The van der Waals surface area contributed by atoms with Crippen LogP contribution in [-0.4, -0.2) is 63.1 Å². The summed E-state index contributed by atoms with van der Waals surface area (Å²) in [7, 11) is 5.30. The van der Waals surface area contributed by atoms with Crippen LogP contribution in [0.3, 0.4) is 0 Å². The molecule has 1 unspecified atom stereocenters. The van der Waals surface area contributed by atoms with Crippen LogP contribution in [0, 0.1) is 11.8 Å². The second-order valence-electron chi connectivity index (χ2n) is 8.19. The first-order valence-corrected chi connectivity index (χ1v) is 11.7. The van der Waals surface area contributed by atoms with E-state index in [0.29, 0.717) is 36.7 Å². The Kier molecular flexibility index (Phi) is 9.00. The van der Waals surface area contributed by atoms with E-state index in [4.69, 9.17) is 0 Å². The van der Waals surface area contributed by atoms with Crippen molar-refractivity contribution in [1.29, 1.82) is 0 Å². The smallest absolute Gasteiger partial charge is 0.246 e. The fraction of sp³-hybridized carbons (Fsp3) is 0.346. The highest BCUT2D eigenvalue weighted by atomic mass is 16.2. The van der Waals surface area contributed by atoms with Crippen molar-refractivity contribution in [2.45, 2.75) is 32.7 Å². The molecule has 2 heterocycles. The predicted molar refractivity (Wildman–Crippen MR) is 142 cm³/mol. The van der Waals surface area contributed by atoms with Gasteiger partial charge in [-0.1, -0.05) is 17.9 Å². The highest BCUT2D eigenvalue weighted by Gasteiger charge is 2.20. The number of fused-ring (bicyclic) bond motifs is 1. The Hall–Kier alpha value is -4.39. The van der Waals surface area contributed by atoms with Gasteiger partial charge >= 0.3 is 0 Å². The van der Waals surface area contributed by atoms with Crippen molar-refractivity contribution in [3.8, 4) is 11.8 Å². The largest absolute Gasteiger partial charge is 0.372 e. The summed E-state index contributed by atoms with van der Waals surface area (Å²) in [6.07, 6.45) is 7.86. The molecule has 0 spiro atoms. The van der Waals surface area contributed by atoms with E-state index in [-0.39, 0.29) is 11.8 Å². The van der Waals surface area contributed by atoms with Gasteiger partial charge in [-0.3, -0.25) is 14.3 Å². The van der Waals surface area contributed by atoms with Crippen molar-refractivity contribution in [2.24, 2.45) is 7.05 Å². The van der Waals surface area contributed by atoms with Crippen LogP contribution < -0.4 is 16.0 Å². The van der Waals surface area contributed by atoms with Crippen molar-refractivity contribution >= 4 is 40.2 Å². The summed E-state index contributed by atoms with van der Waals surface area (Å²) in [5.41, 5.74) is 2.60. The van der Waals surface area contributed by atoms with Gasteiger partial charge in [0.2, 0.25) is 17.8 Å². The summed E-state index contributed by atoms with van der Waals surface area (Å²) in [6.45, 7) is 3.94. The Bertz CT molecular complexity index is 1320. The number of hydrogen-bond donors (Lipinski definition) is 3. The normalized spacial score (nSPS) is 11.6. The van der Waals surface area contributed by atoms with Gasteiger partial charge < -0.3 is 20.9 Å². The van der Waals surface area contributed by atoms with Crippen LogP contribution in [0.2, 0.25) is 0 Å². The number of nitrogens with one attached hydrogen (secondary N) is 3. The van der Waals surface area contributed by atoms with Crippen molar-refractivity contribution < 1.29 is 9.59 Å². The number of anilines is 3. The van der Waals surface area contributed by atoms with E-state index < -0.39 is 6.04 Å². The van der Waals surface area contributed by atoms with Gasteiger partial charge in [0.15, 0.2) is 0 Å². The van der Waals surface area contributed by atoms with E-state index >= 15 is 0 Å². The zero-order chi connectivity index (χ0) is 26.1. The summed E-state index contributed by atoms with van der Waals surface area (Å²) in [5.74, 6) is 6.88. The molecule has 0 aliphatic carbocycles. The molecule has 0 fully saturated rings. The second kappa shape index (κ2) is 12.4. The van der Waals surface area contributed by atoms with Crippen LogP contribution in [0.4, 0.5) is 17.5 Å². The third-order valence-electron chi connectivity index (χ3n) is 5.65. The number of amides is 2. The Morgan fingerprint density at radius 1 is 1.28 bits per heavy atom. The molecule has 0 aliphatic heterocycles. The molecule has 10 heteroatoms. The number of benzene rings is 1. The minimum absolute atomic E-state index is 0.194. The molecule has 3 rings (SSSR count). The van der Waals surface area contributed by atoms with Crippen LogP contribution in [0.1, 0.15) is 32.3 Å². The van der Waals surface area contributed by atoms with Crippen LogP contribution in [-0.2, 0) is 16.6 Å². The summed E-state index contributed by atoms with van der Waals surface area (Å²) < 4.78 is 1.82. The quantitative estimate of drug-likeness (QED) is 0.241. The third-order valence-corrected chi connectivity index (χ3v) is 5.65. The van der Waals surface area contributed by atoms with Crippen molar-refractivity contribution in [3.05, 3.63) is 48.3 Å². The average molecular weight is 489 g/mol. The monoisotopic (exact) mass is 488 g/mol. The minimum Gasteiger partial charge on any atom is -0.372 e. The molecule has 1 aromatic carbocycles. The van der Waals surface area contributed by atoms with Gasteiger partial charge in [-0.25, -0.2) is 4.98 Å². The Morgan fingerprint density at radius 3 is 2.83 bits per heavy atom. The van der Waals surface area contributed by atoms with Crippen LogP contribution in [0.5, 0.6) is 0 Å². The molecule has 0 radical (unpaired) electrons. The Labute approximate surface area is 211 Å². The first kappa shape index (κ1) is 26.2. The van der Waals surface area contributed by atoms with Crippen LogP contribution in [0.15, 0.2) is 42.7 Å². The number of nitrogens with zero attached hydrogens (tertiary/aromatic N) is 5. The van der Waals surface area contributed by atoms with Gasteiger partial charge in [-0.05, 0) is 44.5 Å². The number of hydrogen-bond acceptors (Lipinski definition) is 7. The Balaban J connectivity index is 1.51. The van der Waals surface area contributed by atoms with Gasteiger partial charge in [0, 0.05) is 45.2 Å². The molecular weight excluding hydrogens is 456 g/mol. The lowest BCUT2D eigenvalue weighted by atomic mass is 10.2. The SMILES string of the molecule is C/C=C/C(=O)N(C)C(C)C(=O)NCCCC#Cc1cnc(Nc2ccc3c(cnn3C)c2)nc1NC. The minimum atomic E-state index is -0.548. The molecule has 36 heavy (non-hydrogen) atoms.